The van der Waals surface area contributed by atoms with E-state index in [-0.39, 0.29) is 18.4 Å². The van der Waals surface area contributed by atoms with Gasteiger partial charge in [-0.3, -0.25) is 9.59 Å². The summed E-state index contributed by atoms with van der Waals surface area (Å²) in [5.41, 5.74) is 2.81. The van der Waals surface area contributed by atoms with Crippen molar-refractivity contribution < 1.29 is 9.59 Å². The zero-order valence-corrected chi connectivity index (χ0v) is 19.0. The van der Waals surface area contributed by atoms with E-state index in [0.29, 0.717) is 33.1 Å². The first-order chi connectivity index (χ1) is 14.2. The fourth-order valence-electron chi connectivity index (χ4n) is 3.93. The van der Waals surface area contributed by atoms with Gasteiger partial charge >= 0.3 is 0 Å². The summed E-state index contributed by atoms with van der Waals surface area (Å²) in [6.45, 7) is 7.91. The molecule has 5 nitrogen and oxygen atoms in total. The quantitative estimate of drug-likeness (QED) is 0.638. The van der Waals surface area contributed by atoms with Crippen molar-refractivity contribution in [2.24, 2.45) is 11.8 Å². The van der Waals surface area contributed by atoms with Gasteiger partial charge < -0.3 is 15.5 Å². The van der Waals surface area contributed by atoms with Crippen molar-refractivity contribution in [3.63, 3.8) is 0 Å². The molecule has 3 rings (SSSR count). The van der Waals surface area contributed by atoms with Gasteiger partial charge in [-0.25, -0.2) is 0 Å². The summed E-state index contributed by atoms with van der Waals surface area (Å²) in [5.74, 6) is 0.783. The second kappa shape index (κ2) is 9.71. The lowest BCUT2D eigenvalue weighted by atomic mass is 9.91. The highest BCUT2D eigenvalue weighted by Crippen LogP contribution is 2.29. The minimum Gasteiger partial charge on any atom is -0.376 e. The molecule has 2 aromatic carbocycles. The predicted octanol–water partition coefficient (Wildman–Crippen LogP) is 5.47. The summed E-state index contributed by atoms with van der Waals surface area (Å²) in [7, 11) is 0. The molecular weight excluding hydrogens is 421 g/mol. The Labute approximate surface area is 187 Å². The molecule has 0 spiro atoms. The molecule has 2 aromatic rings. The van der Waals surface area contributed by atoms with Crippen LogP contribution in [0.15, 0.2) is 36.4 Å². The number of benzene rings is 2. The molecule has 7 heteroatoms. The highest BCUT2D eigenvalue weighted by Gasteiger charge is 2.26. The van der Waals surface area contributed by atoms with Crippen molar-refractivity contribution in [1.82, 2.24) is 4.90 Å². The minimum absolute atomic E-state index is 0.0339. The molecule has 1 aliphatic rings. The van der Waals surface area contributed by atoms with E-state index in [2.05, 4.69) is 24.5 Å². The average Bonchev–Trinajstić information content (AvgIpc) is 2.69. The standard InChI is InChI=1S/C23H27Cl2N3O2/c1-14-9-15(2)13-28(12-14)23(30)17-8-7-16(3)20(10-17)26-11-21(29)27-19-6-4-5-18(24)22(19)25/h4-8,10,14-15,26H,9,11-13H2,1-3H3,(H,27,29)/t14-,15-/m1/s1. The minimum atomic E-state index is -0.256. The zero-order chi connectivity index (χ0) is 21.8. The Kier molecular flexibility index (Phi) is 7.27. The van der Waals surface area contributed by atoms with Gasteiger partial charge in [0, 0.05) is 24.3 Å². The van der Waals surface area contributed by atoms with E-state index in [9.17, 15) is 9.59 Å². The molecule has 0 bridgehead atoms. The van der Waals surface area contributed by atoms with Crippen molar-refractivity contribution in [1.29, 1.82) is 0 Å². The van der Waals surface area contributed by atoms with Crippen LogP contribution in [-0.2, 0) is 4.79 Å². The van der Waals surface area contributed by atoms with E-state index in [4.69, 9.17) is 23.2 Å². The second-order valence-electron chi connectivity index (χ2n) is 8.19. The lowest BCUT2D eigenvalue weighted by Gasteiger charge is -2.35. The Morgan fingerprint density at radius 1 is 1.07 bits per heavy atom. The van der Waals surface area contributed by atoms with Crippen LogP contribution in [0.5, 0.6) is 0 Å². The normalized spacial score (nSPS) is 18.8. The predicted molar refractivity (Wildman–Crippen MR) is 124 cm³/mol. The maximum atomic E-state index is 13.0. The number of halogens is 2. The topological polar surface area (TPSA) is 61.4 Å². The summed E-state index contributed by atoms with van der Waals surface area (Å²) >= 11 is 12.1. The molecular formula is C23H27Cl2N3O2. The zero-order valence-electron chi connectivity index (χ0n) is 17.5. The van der Waals surface area contributed by atoms with Crippen molar-refractivity contribution in [3.8, 4) is 0 Å². The van der Waals surface area contributed by atoms with E-state index >= 15 is 0 Å². The van der Waals surface area contributed by atoms with Crippen molar-refractivity contribution in [3.05, 3.63) is 57.6 Å². The van der Waals surface area contributed by atoms with E-state index in [1.807, 2.05) is 30.0 Å². The fraction of sp³-hybridized carbons (Fsp3) is 0.391. The monoisotopic (exact) mass is 447 g/mol. The summed E-state index contributed by atoms with van der Waals surface area (Å²) in [4.78, 5) is 27.3. The lowest BCUT2D eigenvalue weighted by molar-refractivity contribution is -0.114. The number of carbonyl (C=O) groups is 2. The number of piperidine rings is 1. The number of anilines is 2. The molecule has 0 aliphatic carbocycles. The van der Waals surface area contributed by atoms with Crippen molar-refractivity contribution in [2.45, 2.75) is 27.2 Å². The molecule has 1 aliphatic heterocycles. The number of rotatable bonds is 5. The molecule has 2 N–H and O–H groups in total. The fourth-order valence-corrected chi connectivity index (χ4v) is 4.27. The SMILES string of the molecule is Cc1ccc(C(=O)N2C[C@H](C)C[C@@H](C)C2)cc1NCC(=O)Nc1cccc(Cl)c1Cl. The van der Waals surface area contributed by atoms with Crippen molar-refractivity contribution >= 4 is 46.4 Å². The van der Waals surface area contributed by atoms with Crippen LogP contribution in [0.1, 0.15) is 36.2 Å². The van der Waals surface area contributed by atoms with Crippen LogP contribution in [0.4, 0.5) is 11.4 Å². The van der Waals surface area contributed by atoms with Gasteiger partial charge in [-0.15, -0.1) is 0 Å². The first kappa shape index (κ1) is 22.4. The summed E-state index contributed by atoms with van der Waals surface area (Å²) in [5, 5.41) is 6.56. The molecule has 1 saturated heterocycles. The number of amides is 2. The Morgan fingerprint density at radius 2 is 1.77 bits per heavy atom. The number of carbonyl (C=O) groups excluding carboxylic acids is 2. The third-order valence-electron chi connectivity index (χ3n) is 5.31. The summed E-state index contributed by atoms with van der Waals surface area (Å²) in [6.07, 6.45) is 1.15. The third-order valence-corrected chi connectivity index (χ3v) is 6.12. The molecule has 2 amide bonds. The highest BCUT2D eigenvalue weighted by atomic mass is 35.5. The van der Waals surface area contributed by atoms with Gasteiger partial charge in [0.15, 0.2) is 0 Å². The molecule has 160 valence electrons. The van der Waals surface area contributed by atoms with Gasteiger partial charge in [0.05, 0.1) is 22.3 Å². The van der Waals surface area contributed by atoms with Crippen LogP contribution in [0, 0.1) is 18.8 Å². The van der Waals surface area contributed by atoms with Crippen LogP contribution in [0.2, 0.25) is 10.0 Å². The largest absolute Gasteiger partial charge is 0.376 e. The van der Waals surface area contributed by atoms with Gasteiger partial charge in [0.2, 0.25) is 5.91 Å². The smallest absolute Gasteiger partial charge is 0.253 e. The van der Waals surface area contributed by atoms with E-state index in [1.54, 1.807) is 18.2 Å². The van der Waals surface area contributed by atoms with E-state index in [1.165, 1.54) is 0 Å². The van der Waals surface area contributed by atoms with E-state index in [0.717, 1.165) is 30.8 Å². The van der Waals surface area contributed by atoms with Gasteiger partial charge in [-0.2, -0.15) is 0 Å². The molecule has 30 heavy (non-hydrogen) atoms. The maximum Gasteiger partial charge on any atom is 0.253 e. The van der Waals surface area contributed by atoms with Crippen LogP contribution in [0.25, 0.3) is 0 Å². The maximum absolute atomic E-state index is 13.0. The molecule has 1 fully saturated rings. The van der Waals surface area contributed by atoms with E-state index < -0.39 is 0 Å². The van der Waals surface area contributed by atoms with Gasteiger partial charge in [-0.1, -0.05) is 49.2 Å². The Bertz CT molecular complexity index is 938. The second-order valence-corrected chi connectivity index (χ2v) is 8.97. The number of likely N-dealkylation sites (tertiary alicyclic amines) is 1. The number of nitrogens with one attached hydrogen (secondary N) is 2. The average molecular weight is 448 g/mol. The highest BCUT2D eigenvalue weighted by molar-refractivity contribution is 6.44. The lowest BCUT2D eigenvalue weighted by Crippen LogP contribution is -2.42. The molecule has 0 unspecified atom stereocenters. The number of hydrogen-bond acceptors (Lipinski definition) is 3. The first-order valence-electron chi connectivity index (χ1n) is 10.1. The molecule has 0 radical (unpaired) electrons. The van der Waals surface area contributed by atoms with Crippen LogP contribution >= 0.6 is 23.2 Å². The third kappa shape index (κ3) is 5.46. The Balaban J connectivity index is 1.66. The molecule has 2 atom stereocenters. The summed E-state index contributed by atoms with van der Waals surface area (Å²) < 4.78 is 0. The Hall–Kier alpha value is -2.24. The number of aryl methyl sites for hydroxylation is 1. The van der Waals surface area contributed by atoms with Gasteiger partial charge in [0.25, 0.3) is 5.91 Å². The molecule has 0 saturated carbocycles. The summed E-state index contributed by atoms with van der Waals surface area (Å²) in [6, 6.07) is 10.6. The van der Waals surface area contributed by atoms with Gasteiger partial charge in [-0.05, 0) is 55.0 Å². The van der Waals surface area contributed by atoms with Crippen LogP contribution < -0.4 is 10.6 Å². The number of hydrogen-bond donors (Lipinski definition) is 2. The van der Waals surface area contributed by atoms with Gasteiger partial charge in [0.1, 0.15) is 0 Å². The van der Waals surface area contributed by atoms with Crippen molar-refractivity contribution in [2.75, 3.05) is 30.3 Å². The molecule has 1 heterocycles. The first-order valence-corrected chi connectivity index (χ1v) is 10.9. The van der Waals surface area contributed by atoms with Crippen LogP contribution in [0.3, 0.4) is 0 Å². The molecule has 0 aromatic heterocycles. The number of nitrogens with zero attached hydrogens (tertiary/aromatic N) is 1. The van der Waals surface area contributed by atoms with Crippen LogP contribution in [-0.4, -0.2) is 36.3 Å². The Morgan fingerprint density at radius 3 is 2.47 bits per heavy atom.